The van der Waals surface area contributed by atoms with Crippen molar-refractivity contribution in [1.82, 2.24) is 14.9 Å². The summed E-state index contributed by atoms with van der Waals surface area (Å²) in [5.41, 5.74) is 4.02. The van der Waals surface area contributed by atoms with Crippen LogP contribution in [-0.2, 0) is 13.0 Å². The number of amides is 1. The molecule has 4 rings (SSSR count). The molecule has 1 amide bonds. The molecule has 5 nitrogen and oxygen atoms in total. The van der Waals surface area contributed by atoms with Crippen molar-refractivity contribution in [3.63, 3.8) is 0 Å². The molecular formula is C29H32ClN3O2. The Balaban J connectivity index is 1.31. The molecular weight excluding hydrogens is 458 g/mol. The van der Waals surface area contributed by atoms with E-state index in [2.05, 4.69) is 41.9 Å². The van der Waals surface area contributed by atoms with E-state index in [4.69, 9.17) is 21.3 Å². The lowest BCUT2D eigenvalue weighted by atomic mass is 10.0. The lowest BCUT2D eigenvalue weighted by Gasteiger charge is -2.12. The number of imidazole rings is 1. The van der Waals surface area contributed by atoms with E-state index < -0.39 is 0 Å². The fourth-order valence-corrected chi connectivity index (χ4v) is 4.30. The van der Waals surface area contributed by atoms with Crippen molar-refractivity contribution >= 4 is 28.5 Å². The van der Waals surface area contributed by atoms with Crippen molar-refractivity contribution in [2.45, 2.75) is 45.6 Å². The van der Waals surface area contributed by atoms with Crippen LogP contribution in [0.3, 0.4) is 0 Å². The standard InChI is InChI=1S/C29H32ClN3O2/c1-21(2)22-13-15-25(16-14-22)35-19-7-18-33-27-11-4-3-10-26(27)32-28(33)12-6-17-31-29(34)23-8-5-9-24(30)20-23/h3-5,8-11,13-16,20-21H,6-7,12,17-19H2,1-2H3,(H,31,34). The third kappa shape index (κ3) is 6.64. The van der Waals surface area contributed by atoms with Gasteiger partial charge in [-0.15, -0.1) is 0 Å². The molecule has 0 aliphatic heterocycles. The first kappa shape index (κ1) is 24.8. The molecule has 3 aromatic carbocycles. The summed E-state index contributed by atoms with van der Waals surface area (Å²) >= 11 is 5.99. The van der Waals surface area contributed by atoms with Gasteiger partial charge in [-0.25, -0.2) is 4.98 Å². The van der Waals surface area contributed by atoms with Gasteiger partial charge in [0, 0.05) is 30.1 Å². The summed E-state index contributed by atoms with van der Waals surface area (Å²) in [6.45, 7) is 6.42. The SMILES string of the molecule is CC(C)c1ccc(OCCCn2c(CCCNC(=O)c3cccc(Cl)c3)nc3ccccc32)cc1. The molecule has 0 fully saturated rings. The first-order valence-corrected chi connectivity index (χ1v) is 12.6. The molecule has 0 aliphatic carbocycles. The van der Waals surface area contributed by atoms with E-state index in [0.717, 1.165) is 48.4 Å². The third-order valence-electron chi connectivity index (χ3n) is 6.02. The Morgan fingerprint density at radius 1 is 1.03 bits per heavy atom. The zero-order valence-electron chi connectivity index (χ0n) is 20.3. The highest BCUT2D eigenvalue weighted by Crippen LogP contribution is 2.20. The number of halogens is 1. The van der Waals surface area contributed by atoms with Gasteiger partial charge in [-0.2, -0.15) is 0 Å². The predicted octanol–water partition coefficient (Wildman–Crippen LogP) is 6.64. The van der Waals surface area contributed by atoms with Gasteiger partial charge < -0.3 is 14.6 Å². The Morgan fingerprint density at radius 2 is 1.83 bits per heavy atom. The van der Waals surface area contributed by atoms with E-state index in [1.54, 1.807) is 24.3 Å². The van der Waals surface area contributed by atoms with Gasteiger partial charge in [0.25, 0.3) is 5.91 Å². The molecule has 35 heavy (non-hydrogen) atoms. The number of ether oxygens (including phenoxy) is 1. The molecule has 0 spiro atoms. The monoisotopic (exact) mass is 489 g/mol. The summed E-state index contributed by atoms with van der Waals surface area (Å²) in [6, 6.07) is 23.6. The summed E-state index contributed by atoms with van der Waals surface area (Å²) in [5, 5.41) is 3.53. The van der Waals surface area contributed by atoms with Crippen molar-refractivity contribution in [3.05, 3.63) is 94.8 Å². The van der Waals surface area contributed by atoms with Gasteiger partial charge >= 0.3 is 0 Å². The molecule has 0 radical (unpaired) electrons. The van der Waals surface area contributed by atoms with E-state index in [-0.39, 0.29) is 5.91 Å². The van der Waals surface area contributed by atoms with Gasteiger partial charge in [0.2, 0.25) is 0 Å². The lowest BCUT2D eigenvalue weighted by molar-refractivity contribution is 0.0953. The van der Waals surface area contributed by atoms with Gasteiger partial charge in [0.15, 0.2) is 0 Å². The normalized spacial score (nSPS) is 11.2. The number of benzene rings is 3. The number of nitrogens with zero attached hydrogens (tertiary/aromatic N) is 2. The van der Waals surface area contributed by atoms with Crippen LogP contribution in [0.4, 0.5) is 0 Å². The number of fused-ring (bicyclic) bond motifs is 1. The summed E-state index contributed by atoms with van der Waals surface area (Å²) in [7, 11) is 0. The van der Waals surface area contributed by atoms with E-state index in [0.29, 0.717) is 29.7 Å². The number of rotatable bonds is 11. The first-order valence-electron chi connectivity index (χ1n) is 12.2. The zero-order valence-corrected chi connectivity index (χ0v) is 21.1. The van der Waals surface area contributed by atoms with Gasteiger partial charge in [-0.3, -0.25) is 4.79 Å². The topological polar surface area (TPSA) is 56.1 Å². The number of para-hydroxylation sites is 2. The summed E-state index contributed by atoms with van der Waals surface area (Å²) in [4.78, 5) is 17.2. The van der Waals surface area contributed by atoms with E-state index in [9.17, 15) is 4.79 Å². The number of aromatic nitrogens is 2. The molecule has 0 saturated carbocycles. The largest absolute Gasteiger partial charge is 0.494 e. The van der Waals surface area contributed by atoms with Gasteiger partial charge in [-0.05, 0) is 66.8 Å². The summed E-state index contributed by atoms with van der Waals surface area (Å²) < 4.78 is 8.25. The first-order chi connectivity index (χ1) is 17.0. The van der Waals surface area contributed by atoms with E-state index >= 15 is 0 Å². The van der Waals surface area contributed by atoms with Gasteiger partial charge in [0.05, 0.1) is 17.6 Å². The third-order valence-corrected chi connectivity index (χ3v) is 6.26. The fraction of sp³-hybridized carbons (Fsp3) is 0.310. The highest BCUT2D eigenvalue weighted by Gasteiger charge is 2.11. The van der Waals surface area contributed by atoms with Crippen molar-refractivity contribution in [2.24, 2.45) is 0 Å². The number of hydrogen-bond acceptors (Lipinski definition) is 3. The maximum absolute atomic E-state index is 12.4. The highest BCUT2D eigenvalue weighted by atomic mass is 35.5. The average Bonchev–Trinajstić information content (AvgIpc) is 3.22. The molecule has 0 unspecified atom stereocenters. The molecule has 1 aromatic heterocycles. The number of carbonyl (C=O) groups excluding carboxylic acids is 1. The Kier molecular flexibility index (Phi) is 8.43. The molecule has 6 heteroatoms. The van der Waals surface area contributed by atoms with E-state index in [1.165, 1.54) is 5.56 Å². The number of aryl methyl sites for hydroxylation is 2. The maximum Gasteiger partial charge on any atom is 0.251 e. The Hall–Kier alpha value is -3.31. The molecule has 1 N–H and O–H groups in total. The fourth-order valence-electron chi connectivity index (χ4n) is 4.11. The van der Waals surface area contributed by atoms with Crippen LogP contribution in [0.5, 0.6) is 5.75 Å². The molecule has 0 bridgehead atoms. The Bertz CT molecular complexity index is 1260. The minimum Gasteiger partial charge on any atom is -0.494 e. The smallest absolute Gasteiger partial charge is 0.251 e. The molecule has 0 saturated heterocycles. The van der Waals surface area contributed by atoms with Crippen LogP contribution in [0, 0.1) is 0 Å². The second-order valence-electron chi connectivity index (χ2n) is 8.96. The van der Waals surface area contributed by atoms with Crippen molar-refractivity contribution in [3.8, 4) is 5.75 Å². The molecule has 0 atom stereocenters. The predicted molar refractivity (Wildman–Crippen MR) is 142 cm³/mol. The van der Waals surface area contributed by atoms with Gasteiger partial charge in [-0.1, -0.05) is 55.8 Å². The van der Waals surface area contributed by atoms with Gasteiger partial charge in [0.1, 0.15) is 11.6 Å². The number of hydrogen-bond donors (Lipinski definition) is 1. The van der Waals surface area contributed by atoms with Crippen LogP contribution in [0.1, 0.15) is 54.4 Å². The molecule has 0 aliphatic rings. The molecule has 4 aromatic rings. The van der Waals surface area contributed by atoms with Crippen LogP contribution >= 0.6 is 11.6 Å². The van der Waals surface area contributed by atoms with Crippen LogP contribution in [0.25, 0.3) is 11.0 Å². The lowest BCUT2D eigenvalue weighted by Crippen LogP contribution is -2.25. The van der Waals surface area contributed by atoms with Crippen molar-refractivity contribution in [1.29, 1.82) is 0 Å². The van der Waals surface area contributed by atoms with Crippen molar-refractivity contribution in [2.75, 3.05) is 13.2 Å². The van der Waals surface area contributed by atoms with Crippen LogP contribution in [0.2, 0.25) is 5.02 Å². The van der Waals surface area contributed by atoms with Crippen LogP contribution in [0.15, 0.2) is 72.8 Å². The van der Waals surface area contributed by atoms with E-state index in [1.807, 2.05) is 30.3 Å². The average molecular weight is 490 g/mol. The van der Waals surface area contributed by atoms with Crippen molar-refractivity contribution < 1.29 is 9.53 Å². The number of nitrogens with one attached hydrogen (secondary N) is 1. The quantitative estimate of drug-likeness (QED) is 0.240. The van der Waals surface area contributed by atoms with Crippen LogP contribution < -0.4 is 10.1 Å². The second-order valence-corrected chi connectivity index (χ2v) is 9.40. The summed E-state index contributed by atoms with van der Waals surface area (Å²) in [5.74, 6) is 2.34. The molecule has 1 heterocycles. The minimum atomic E-state index is -0.112. The summed E-state index contributed by atoms with van der Waals surface area (Å²) in [6.07, 6.45) is 2.46. The minimum absolute atomic E-state index is 0.112. The Labute approximate surface area is 212 Å². The zero-order chi connectivity index (χ0) is 24.6. The van der Waals surface area contributed by atoms with Crippen LogP contribution in [-0.4, -0.2) is 28.6 Å². The second kappa shape index (κ2) is 11.9. The Morgan fingerprint density at radius 3 is 2.60 bits per heavy atom. The highest BCUT2D eigenvalue weighted by molar-refractivity contribution is 6.30. The maximum atomic E-state index is 12.4. The number of carbonyl (C=O) groups is 1. The molecule has 182 valence electrons.